The molecule has 4 rings (SSSR count). The Kier molecular flexibility index (Phi) is 6.26. The van der Waals surface area contributed by atoms with Gasteiger partial charge < -0.3 is 19.9 Å². The maximum absolute atomic E-state index is 12.5. The fourth-order valence-corrected chi connectivity index (χ4v) is 4.30. The zero-order chi connectivity index (χ0) is 21.8. The minimum absolute atomic E-state index is 0.0714. The number of hydrogen-bond acceptors (Lipinski definition) is 5. The molecular weight excluding hydrogens is 390 g/mol. The first kappa shape index (κ1) is 21.0. The molecule has 1 saturated heterocycles. The van der Waals surface area contributed by atoms with Gasteiger partial charge in [-0.3, -0.25) is 4.79 Å². The van der Waals surface area contributed by atoms with Gasteiger partial charge in [0.15, 0.2) is 0 Å². The van der Waals surface area contributed by atoms with Crippen LogP contribution >= 0.6 is 0 Å². The Hall–Kier alpha value is -3.28. The summed E-state index contributed by atoms with van der Waals surface area (Å²) < 4.78 is 4.93. The summed E-state index contributed by atoms with van der Waals surface area (Å²) in [6.45, 7) is 3.45. The number of pyridine rings is 1. The molecule has 6 heteroatoms. The summed E-state index contributed by atoms with van der Waals surface area (Å²) in [5, 5.41) is 4.40. The number of nitrogens with zero attached hydrogens (tertiary/aromatic N) is 1. The third-order valence-electron chi connectivity index (χ3n) is 5.93. The van der Waals surface area contributed by atoms with Crippen LogP contribution in [0.1, 0.15) is 37.3 Å². The highest BCUT2D eigenvalue weighted by molar-refractivity contribution is 5.81. The van der Waals surface area contributed by atoms with E-state index in [4.69, 9.17) is 4.74 Å². The van der Waals surface area contributed by atoms with Gasteiger partial charge in [-0.15, -0.1) is 0 Å². The quantitative estimate of drug-likeness (QED) is 0.561. The number of methoxy groups -OCH3 is 1. The van der Waals surface area contributed by atoms with Crippen molar-refractivity contribution < 1.29 is 9.53 Å². The van der Waals surface area contributed by atoms with Gasteiger partial charge in [0, 0.05) is 35.5 Å². The maximum Gasteiger partial charge on any atom is 0.328 e. The van der Waals surface area contributed by atoms with Crippen LogP contribution in [0.4, 0.5) is 11.4 Å². The minimum atomic E-state index is -0.211. The number of hydrogen-bond donors (Lipinski definition) is 2. The van der Waals surface area contributed by atoms with Crippen molar-refractivity contribution in [3.05, 3.63) is 70.0 Å². The highest BCUT2D eigenvalue weighted by Crippen LogP contribution is 2.27. The second-order valence-corrected chi connectivity index (χ2v) is 8.07. The van der Waals surface area contributed by atoms with Crippen molar-refractivity contribution in [2.24, 2.45) is 0 Å². The number of benzene rings is 2. The number of anilines is 2. The van der Waals surface area contributed by atoms with E-state index >= 15 is 0 Å². The molecule has 2 aromatic carbocycles. The first-order valence-corrected chi connectivity index (χ1v) is 10.9. The largest absolute Gasteiger partial charge is 0.467 e. The summed E-state index contributed by atoms with van der Waals surface area (Å²) in [6, 6.07) is 16.0. The van der Waals surface area contributed by atoms with Gasteiger partial charge in [-0.05, 0) is 72.7 Å². The number of aromatic amines is 1. The lowest BCUT2D eigenvalue weighted by atomic mass is 10.1. The van der Waals surface area contributed by atoms with Gasteiger partial charge in [-0.2, -0.15) is 0 Å². The number of carbonyl (C=O) groups excluding carboxylic acids is 1. The number of nitrogens with one attached hydrogen (secondary N) is 2. The Morgan fingerprint density at radius 2 is 2.00 bits per heavy atom. The van der Waals surface area contributed by atoms with Crippen molar-refractivity contribution in [2.75, 3.05) is 23.9 Å². The first-order chi connectivity index (χ1) is 15.1. The molecule has 1 atom stereocenters. The molecular formula is C25H29N3O3. The maximum atomic E-state index is 12.5. The number of H-pyrrole nitrogens is 1. The van der Waals surface area contributed by atoms with E-state index in [1.165, 1.54) is 12.7 Å². The van der Waals surface area contributed by atoms with E-state index in [0.717, 1.165) is 54.5 Å². The molecule has 6 nitrogen and oxygen atoms in total. The monoisotopic (exact) mass is 419 g/mol. The summed E-state index contributed by atoms with van der Waals surface area (Å²) in [4.78, 5) is 29.6. The molecule has 1 aliphatic heterocycles. The van der Waals surface area contributed by atoms with Crippen molar-refractivity contribution in [1.29, 1.82) is 0 Å². The zero-order valence-electron chi connectivity index (χ0n) is 18.1. The fraction of sp³-hybridized carbons (Fsp3) is 0.360. The van der Waals surface area contributed by atoms with E-state index in [1.807, 2.05) is 36.4 Å². The first-order valence-electron chi connectivity index (χ1n) is 10.9. The predicted octanol–water partition coefficient (Wildman–Crippen LogP) is 4.23. The Labute approximate surface area is 182 Å². The highest BCUT2D eigenvalue weighted by Gasteiger charge is 2.31. The van der Waals surface area contributed by atoms with Crippen LogP contribution in [0, 0.1) is 0 Å². The van der Waals surface area contributed by atoms with Crippen LogP contribution in [0.15, 0.2) is 53.3 Å². The summed E-state index contributed by atoms with van der Waals surface area (Å²) in [7, 11) is 1.44. The lowest BCUT2D eigenvalue weighted by molar-refractivity contribution is -0.141. The number of ether oxygens (including phenoxy) is 1. The second-order valence-electron chi connectivity index (χ2n) is 8.07. The van der Waals surface area contributed by atoms with Gasteiger partial charge in [0.2, 0.25) is 0 Å². The molecule has 3 aromatic rings. The summed E-state index contributed by atoms with van der Waals surface area (Å²) in [5.41, 5.74) is 4.71. The van der Waals surface area contributed by atoms with Crippen molar-refractivity contribution in [3.8, 4) is 0 Å². The average Bonchev–Trinajstić information content (AvgIpc) is 3.28. The van der Waals surface area contributed by atoms with E-state index in [9.17, 15) is 9.59 Å². The van der Waals surface area contributed by atoms with Crippen LogP contribution in [0.5, 0.6) is 0 Å². The number of carbonyl (C=O) groups is 1. The molecule has 1 aliphatic rings. The molecule has 162 valence electrons. The second kappa shape index (κ2) is 9.25. The topological polar surface area (TPSA) is 74.4 Å². The van der Waals surface area contributed by atoms with Gasteiger partial charge in [0.1, 0.15) is 6.04 Å². The molecule has 1 aromatic heterocycles. The molecule has 0 radical (unpaired) electrons. The SMILES string of the molecule is CCCc1ccc2[nH]c(=O)c(CNc3ccc(N4CCC[C@@H]4C(=O)OC)cc3)cc2c1. The molecule has 0 bridgehead atoms. The Morgan fingerprint density at radius 3 is 2.74 bits per heavy atom. The van der Waals surface area contributed by atoms with Crippen LogP contribution in [0.2, 0.25) is 0 Å². The third kappa shape index (κ3) is 4.58. The molecule has 0 spiro atoms. The number of aromatic nitrogens is 1. The standard InChI is InChI=1S/C25H29N3O3/c1-3-5-17-7-12-22-18(14-17)15-19(24(29)27-22)16-26-20-8-10-21(11-9-20)28-13-4-6-23(28)25(30)31-2/h7-12,14-15,23,26H,3-6,13,16H2,1-2H3,(H,27,29)/t23-/m1/s1. The van der Waals surface area contributed by atoms with E-state index in [1.54, 1.807) is 0 Å². The Balaban J connectivity index is 1.46. The fourth-order valence-electron chi connectivity index (χ4n) is 4.30. The van der Waals surface area contributed by atoms with Gasteiger partial charge in [0.05, 0.1) is 7.11 Å². The summed E-state index contributed by atoms with van der Waals surface area (Å²) >= 11 is 0. The third-order valence-corrected chi connectivity index (χ3v) is 5.93. The molecule has 2 N–H and O–H groups in total. The van der Waals surface area contributed by atoms with Gasteiger partial charge in [0.25, 0.3) is 5.56 Å². The summed E-state index contributed by atoms with van der Waals surface area (Å²) in [5.74, 6) is -0.183. The van der Waals surface area contributed by atoms with Gasteiger partial charge in [-0.25, -0.2) is 4.79 Å². The lowest BCUT2D eigenvalue weighted by Crippen LogP contribution is -2.36. The normalized spacial score (nSPS) is 15.9. The highest BCUT2D eigenvalue weighted by atomic mass is 16.5. The molecule has 0 unspecified atom stereocenters. The Bertz CT molecular complexity index is 1120. The summed E-state index contributed by atoms with van der Waals surface area (Å²) in [6.07, 6.45) is 3.92. The number of rotatable bonds is 7. The zero-order valence-corrected chi connectivity index (χ0v) is 18.1. The molecule has 0 aliphatic carbocycles. The number of esters is 1. The molecule has 2 heterocycles. The van der Waals surface area contributed by atoms with Crippen LogP contribution < -0.4 is 15.8 Å². The van der Waals surface area contributed by atoms with Crippen molar-refractivity contribution in [2.45, 2.75) is 45.2 Å². The van der Waals surface area contributed by atoms with Crippen molar-refractivity contribution in [3.63, 3.8) is 0 Å². The van der Waals surface area contributed by atoms with Crippen LogP contribution in [-0.2, 0) is 22.5 Å². The van der Waals surface area contributed by atoms with Crippen LogP contribution in [-0.4, -0.2) is 30.6 Å². The van der Waals surface area contributed by atoms with Crippen LogP contribution in [0.3, 0.4) is 0 Å². The van der Waals surface area contributed by atoms with Crippen molar-refractivity contribution in [1.82, 2.24) is 4.98 Å². The lowest BCUT2D eigenvalue weighted by Gasteiger charge is -2.25. The molecule has 0 saturated carbocycles. The van der Waals surface area contributed by atoms with E-state index in [0.29, 0.717) is 12.1 Å². The average molecular weight is 420 g/mol. The Morgan fingerprint density at radius 1 is 1.19 bits per heavy atom. The predicted molar refractivity (Wildman–Crippen MR) is 125 cm³/mol. The van der Waals surface area contributed by atoms with Gasteiger partial charge in [-0.1, -0.05) is 19.4 Å². The number of fused-ring (bicyclic) bond motifs is 1. The van der Waals surface area contributed by atoms with Gasteiger partial charge >= 0.3 is 5.97 Å². The van der Waals surface area contributed by atoms with E-state index in [-0.39, 0.29) is 17.6 Å². The van der Waals surface area contributed by atoms with Crippen molar-refractivity contribution >= 4 is 28.2 Å². The molecule has 1 fully saturated rings. The van der Waals surface area contributed by atoms with E-state index < -0.39 is 0 Å². The van der Waals surface area contributed by atoms with Crippen LogP contribution in [0.25, 0.3) is 10.9 Å². The smallest absolute Gasteiger partial charge is 0.328 e. The van der Waals surface area contributed by atoms with E-state index in [2.05, 4.69) is 34.3 Å². The number of aryl methyl sites for hydroxylation is 1. The molecule has 31 heavy (non-hydrogen) atoms. The molecule has 0 amide bonds. The minimum Gasteiger partial charge on any atom is -0.467 e.